The molecule has 1 saturated heterocycles. The lowest BCUT2D eigenvalue weighted by molar-refractivity contribution is -0.127. The number of benzene rings is 1. The van der Waals surface area contributed by atoms with Gasteiger partial charge in [-0.15, -0.1) is 0 Å². The third-order valence-electron chi connectivity index (χ3n) is 5.14. The number of hydrogen-bond donors (Lipinski definition) is 1. The van der Waals surface area contributed by atoms with E-state index >= 15 is 0 Å². The van der Waals surface area contributed by atoms with Crippen LogP contribution in [0.25, 0.3) is 11.5 Å². The van der Waals surface area contributed by atoms with Crippen LogP contribution in [-0.4, -0.2) is 45.1 Å². The zero-order valence-electron chi connectivity index (χ0n) is 16.3. The Morgan fingerprint density at radius 1 is 1.14 bits per heavy atom. The summed E-state index contributed by atoms with van der Waals surface area (Å²) in [5.41, 5.74) is 1.91. The van der Waals surface area contributed by atoms with E-state index in [1.54, 1.807) is 6.20 Å². The molecule has 0 bridgehead atoms. The molecule has 0 radical (unpaired) electrons. The van der Waals surface area contributed by atoms with E-state index < -0.39 is 0 Å². The summed E-state index contributed by atoms with van der Waals surface area (Å²) in [6.45, 7) is 2.22. The van der Waals surface area contributed by atoms with Crippen molar-refractivity contribution in [1.29, 1.82) is 0 Å². The van der Waals surface area contributed by atoms with Gasteiger partial charge < -0.3 is 9.84 Å². The lowest BCUT2D eigenvalue weighted by atomic mass is 10.0. The first-order valence-electron chi connectivity index (χ1n) is 10.1. The van der Waals surface area contributed by atoms with Crippen LogP contribution in [0, 0.1) is 0 Å². The normalized spacial score (nSPS) is 17.2. The second kappa shape index (κ2) is 9.43. The number of likely N-dealkylation sites (tertiary alicyclic amines) is 1. The van der Waals surface area contributed by atoms with Gasteiger partial charge >= 0.3 is 0 Å². The van der Waals surface area contributed by atoms with E-state index in [2.05, 4.69) is 37.5 Å². The quantitative estimate of drug-likeness (QED) is 0.667. The summed E-state index contributed by atoms with van der Waals surface area (Å²) in [5, 5.41) is 7.01. The van der Waals surface area contributed by atoms with Crippen LogP contribution in [0.1, 0.15) is 30.7 Å². The number of amides is 1. The fraction of sp³-hybridized carbons (Fsp3) is 0.364. The first-order valence-corrected chi connectivity index (χ1v) is 10.1. The standard InChI is InChI=1S/C22H25N5O2/c28-22(19-11-5-7-15-27(19)16-17-8-2-1-3-9-17)24-14-12-20-25-21(26-29-20)18-10-4-6-13-23-18/h1-4,6,8-10,13,19H,5,7,11-12,14-16H2,(H,24,28). The van der Waals surface area contributed by atoms with Crippen LogP contribution in [-0.2, 0) is 17.8 Å². The van der Waals surface area contributed by atoms with Crippen LogP contribution in [0.3, 0.4) is 0 Å². The summed E-state index contributed by atoms with van der Waals surface area (Å²) in [4.78, 5) is 23.6. The molecule has 150 valence electrons. The van der Waals surface area contributed by atoms with E-state index in [1.165, 1.54) is 5.56 Å². The monoisotopic (exact) mass is 391 g/mol. The van der Waals surface area contributed by atoms with Crippen LogP contribution in [0.4, 0.5) is 0 Å². The van der Waals surface area contributed by atoms with Crippen LogP contribution >= 0.6 is 0 Å². The van der Waals surface area contributed by atoms with Gasteiger partial charge in [-0.25, -0.2) is 0 Å². The van der Waals surface area contributed by atoms with E-state index in [0.29, 0.717) is 30.4 Å². The van der Waals surface area contributed by atoms with E-state index in [9.17, 15) is 4.79 Å². The molecule has 1 fully saturated rings. The molecule has 1 unspecified atom stereocenters. The molecule has 7 nitrogen and oxygen atoms in total. The van der Waals surface area contributed by atoms with E-state index in [1.807, 2.05) is 36.4 Å². The minimum Gasteiger partial charge on any atom is -0.354 e. The minimum absolute atomic E-state index is 0.0742. The van der Waals surface area contributed by atoms with E-state index in [-0.39, 0.29) is 11.9 Å². The molecule has 1 aliphatic rings. The van der Waals surface area contributed by atoms with Gasteiger partial charge in [0.15, 0.2) is 0 Å². The highest BCUT2D eigenvalue weighted by Gasteiger charge is 2.28. The van der Waals surface area contributed by atoms with Crippen molar-refractivity contribution in [2.75, 3.05) is 13.1 Å². The molecule has 1 amide bonds. The highest BCUT2D eigenvalue weighted by atomic mass is 16.5. The van der Waals surface area contributed by atoms with Gasteiger partial charge in [-0.1, -0.05) is 48.0 Å². The molecule has 2 aromatic heterocycles. The molecule has 1 aromatic carbocycles. The molecular weight excluding hydrogens is 366 g/mol. The molecular formula is C22H25N5O2. The number of hydrogen-bond acceptors (Lipinski definition) is 6. The number of nitrogens with one attached hydrogen (secondary N) is 1. The third-order valence-corrected chi connectivity index (χ3v) is 5.14. The van der Waals surface area contributed by atoms with Gasteiger partial charge in [0.25, 0.3) is 0 Å². The number of rotatable bonds is 7. The number of nitrogens with zero attached hydrogens (tertiary/aromatic N) is 4. The van der Waals surface area contributed by atoms with Crippen LogP contribution in [0.5, 0.6) is 0 Å². The summed E-state index contributed by atoms with van der Waals surface area (Å²) in [7, 11) is 0. The summed E-state index contributed by atoms with van der Waals surface area (Å²) >= 11 is 0. The topological polar surface area (TPSA) is 84.2 Å². The number of carbonyl (C=O) groups excluding carboxylic acids is 1. The van der Waals surface area contributed by atoms with Crippen molar-refractivity contribution in [3.05, 3.63) is 66.2 Å². The van der Waals surface area contributed by atoms with Gasteiger partial charge in [0.05, 0.1) is 6.04 Å². The maximum Gasteiger partial charge on any atom is 0.237 e. The second-order valence-electron chi connectivity index (χ2n) is 7.24. The average Bonchev–Trinajstić information content (AvgIpc) is 3.24. The van der Waals surface area contributed by atoms with Gasteiger partial charge in [0.1, 0.15) is 5.69 Å². The number of carbonyl (C=O) groups is 1. The number of aromatic nitrogens is 3. The van der Waals surface area contributed by atoms with Crippen molar-refractivity contribution >= 4 is 5.91 Å². The number of piperidine rings is 1. The van der Waals surface area contributed by atoms with Crippen LogP contribution < -0.4 is 5.32 Å². The molecule has 1 aliphatic heterocycles. The first kappa shape index (κ1) is 19.3. The van der Waals surface area contributed by atoms with E-state index in [4.69, 9.17) is 4.52 Å². The molecule has 1 atom stereocenters. The van der Waals surface area contributed by atoms with Gasteiger partial charge in [0.2, 0.25) is 17.6 Å². The van der Waals surface area contributed by atoms with Crippen molar-refractivity contribution in [3.8, 4) is 11.5 Å². The van der Waals surface area contributed by atoms with Crippen molar-refractivity contribution < 1.29 is 9.32 Å². The second-order valence-corrected chi connectivity index (χ2v) is 7.24. The highest BCUT2D eigenvalue weighted by molar-refractivity contribution is 5.81. The Morgan fingerprint density at radius 2 is 2.00 bits per heavy atom. The molecule has 7 heteroatoms. The summed E-state index contributed by atoms with van der Waals surface area (Å²) in [6, 6.07) is 15.8. The summed E-state index contributed by atoms with van der Waals surface area (Å²) in [6.07, 6.45) is 5.30. The van der Waals surface area contributed by atoms with Crippen molar-refractivity contribution in [2.24, 2.45) is 0 Å². The largest absolute Gasteiger partial charge is 0.354 e. The average molecular weight is 391 g/mol. The van der Waals surface area contributed by atoms with Crippen molar-refractivity contribution in [2.45, 2.75) is 38.3 Å². The van der Waals surface area contributed by atoms with Crippen LogP contribution in [0.2, 0.25) is 0 Å². The molecule has 3 heterocycles. The zero-order chi connectivity index (χ0) is 19.9. The smallest absolute Gasteiger partial charge is 0.237 e. The predicted octanol–water partition coefficient (Wildman–Crippen LogP) is 2.85. The Bertz CT molecular complexity index is 913. The maximum absolute atomic E-state index is 12.8. The van der Waals surface area contributed by atoms with E-state index in [0.717, 1.165) is 32.4 Å². The Hall–Kier alpha value is -3.06. The Kier molecular flexibility index (Phi) is 6.26. The predicted molar refractivity (Wildman–Crippen MR) is 109 cm³/mol. The van der Waals surface area contributed by atoms with Gasteiger partial charge in [-0.2, -0.15) is 4.98 Å². The van der Waals surface area contributed by atoms with Crippen molar-refractivity contribution in [1.82, 2.24) is 25.3 Å². The number of pyridine rings is 1. The Balaban J connectivity index is 1.30. The van der Waals surface area contributed by atoms with Gasteiger partial charge in [-0.05, 0) is 37.1 Å². The molecule has 0 saturated carbocycles. The first-order chi connectivity index (χ1) is 14.3. The molecule has 3 aromatic rings. The molecule has 0 aliphatic carbocycles. The fourth-order valence-corrected chi connectivity index (χ4v) is 3.66. The van der Waals surface area contributed by atoms with Crippen LogP contribution in [0.15, 0.2) is 59.3 Å². The zero-order valence-corrected chi connectivity index (χ0v) is 16.3. The molecule has 4 rings (SSSR count). The third kappa shape index (κ3) is 5.06. The molecule has 29 heavy (non-hydrogen) atoms. The lowest BCUT2D eigenvalue weighted by Gasteiger charge is -2.34. The maximum atomic E-state index is 12.8. The Labute approximate surface area is 170 Å². The Morgan fingerprint density at radius 3 is 2.83 bits per heavy atom. The fourth-order valence-electron chi connectivity index (χ4n) is 3.66. The summed E-state index contributed by atoms with van der Waals surface area (Å²) in [5.74, 6) is 1.04. The summed E-state index contributed by atoms with van der Waals surface area (Å²) < 4.78 is 5.28. The minimum atomic E-state index is -0.0873. The SMILES string of the molecule is O=C(NCCc1nc(-c2ccccn2)no1)C1CCCCN1Cc1ccccc1. The van der Waals surface area contributed by atoms with Gasteiger partial charge in [0, 0.05) is 25.7 Å². The molecule has 0 spiro atoms. The van der Waals surface area contributed by atoms with Crippen molar-refractivity contribution in [3.63, 3.8) is 0 Å². The van der Waals surface area contributed by atoms with Gasteiger partial charge in [-0.3, -0.25) is 14.7 Å². The lowest BCUT2D eigenvalue weighted by Crippen LogP contribution is -2.49. The molecule has 1 N–H and O–H groups in total. The highest BCUT2D eigenvalue weighted by Crippen LogP contribution is 2.20.